The predicted octanol–water partition coefficient (Wildman–Crippen LogP) is -8.39. The van der Waals surface area contributed by atoms with Gasteiger partial charge in [-0.2, -0.15) is 6.42 Å². The van der Waals surface area contributed by atoms with E-state index in [0.29, 0.717) is 0 Å². The third kappa shape index (κ3) is 1.98. The van der Waals surface area contributed by atoms with Crippen molar-refractivity contribution in [1.82, 2.24) is 0 Å². The topological polar surface area (TPSA) is 92.9 Å². The van der Waals surface area contributed by atoms with Crippen molar-refractivity contribution < 1.29 is 74.6 Å². The van der Waals surface area contributed by atoms with E-state index in [1.54, 1.807) is 0 Å². The Hall–Kier alpha value is 0.400. The average molecular weight is 336 g/mol. The molecule has 0 aromatic rings. The number of fused-ring (bicyclic) bond motifs is 1. The first-order valence-electron chi connectivity index (χ1n) is 4.43. The molecule has 2 heterocycles. The number of carboxylic acid groups (broad SMARTS) is 1. The molecule has 1 unspecified atom stereocenters. The maximum Gasteiger partial charge on any atom is 1.00 e. The number of sulfone groups is 1. The van der Waals surface area contributed by atoms with Gasteiger partial charge in [-0.05, 0) is 13.8 Å². The van der Waals surface area contributed by atoms with Crippen molar-refractivity contribution in [2.24, 2.45) is 0 Å². The van der Waals surface area contributed by atoms with Crippen LogP contribution in [0.15, 0.2) is 0 Å². The number of carbonyl (C=O) groups is 2. The monoisotopic (exact) mass is 335 g/mol. The Bertz CT molecular complexity index is 463. The van der Waals surface area contributed by atoms with Crippen LogP contribution in [0.25, 0.3) is 0 Å². The number of amides is 1. The zero-order valence-corrected chi connectivity index (χ0v) is 14.0. The smallest absolute Gasteiger partial charge is 1.00 e. The summed E-state index contributed by atoms with van der Waals surface area (Å²) in [6.07, 6.45) is 1.08. The first-order valence-corrected chi connectivity index (χ1v) is 5.98. The zero-order chi connectivity index (χ0) is 11.6. The van der Waals surface area contributed by atoms with Crippen LogP contribution in [0.5, 0.6) is 0 Å². The predicted molar refractivity (Wildman–Crippen MR) is 48.5 cm³/mol. The van der Waals surface area contributed by atoms with Crippen LogP contribution in [0.4, 0.5) is 0 Å². The third-order valence-corrected chi connectivity index (χ3v) is 5.98. The minimum absolute atomic E-state index is 0. The average Bonchev–Trinajstić information content (AvgIpc) is 2.19. The Kier molecular flexibility index (Phi) is 4.94. The van der Waals surface area contributed by atoms with Gasteiger partial charge in [0.2, 0.25) is 6.04 Å². The zero-order valence-electron chi connectivity index (χ0n) is 9.60. The van der Waals surface area contributed by atoms with Crippen LogP contribution in [-0.2, 0) is 19.4 Å². The van der Waals surface area contributed by atoms with Crippen molar-refractivity contribution in [2.45, 2.75) is 30.0 Å². The van der Waals surface area contributed by atoms with Crippen molar-refractivity contribution in [3.63, 3.8) is 0 Å². The van der Waals surface area contributed by atoms with E-state index < -0.39 is 37.9 Å². The molecule has 0 aliphatic carbocycles. The molecule has 17 heavy (non-hydrogen) atoms. The van der Waals surface area contributed by atoms with Gasteiger partial charge >= 0.3 is 35.5 Å². The molecule has 2 rings (SSSR count). The van der Waals surface area contributed by atoms with Crippen LogP contribution in [0.1, 0.15) is 13.8 Å². The van der Waals surface area contributed by atoms with Gasteiger partial charge in [0, 0.05) is 0 Å². The summed E-state index contributed by atoms with van der Waals surface area (Å²) in [5, 5.41) is 8.00. The first kappa shape index (κ1) is 17.4. The normalized spacial score (nSPS) is 35.4. The van der Waals surface area contributed by atoms with E-state index in [4.69, 9.17) is 5.11 Å². The van der Waals surface area contributed by atoms with Crippen LogP contribution in [0, 0.1) is 6.42 Å². The number of aliphatic carboxylic acids is 1. The van der Waals surface area contributed by atoms with Crippen molar-refractivity contribution in [1.29, 1.82) is 0 Å². The van der Waals surface area contributed by atoms with Crippen LogP contribution >= 0.6 is 0 Å². The molecule has 2 fully saturated rings. The second-order valence-corrected chi connectivity index (χ2v) is 6.98. The summed E-state index contributed by atoms with van der Waals surface area (Å²) in [5.41, 5.74) is 0. The van der Waals surface area contributed by atoms with Crippen molar-refractivity contribution in [2.75, 3.05) is 0 Å². The van der Waals surface area contributed by atoms with E-state index >= 15 is 0 Å². The van der Waals surface area contributed by atoms with Gasteiger partial charge in [0.05, 0.1) is 0 Å². The number of quaternary nitrogens is 1. The largest absolute Gasteiger partial charge is 1.00 e. The molecule has 0 spiro atoms. The van der Waals surface area contributed by atoms with Gasteiger partial charge in [0.1, 0.15) is 10.1 Å². The Morgan fingerprint density at radius 1 is 1.47 bits per heavy atom. The second kappa shape index (κ2) is 4.82. The summed E-state index contributed by atoms with van der Waals surface area (Å²) < 4.78 is 22.3. The van der Waals surface area contributed by atoms with Gasteiger partial charge < -0.3 is 22.1 Å². The molecule has 2 saturated heterocycles. The molecule has 2 aliphatic heterocycles. The summed E-state index contributed by atoms with van der Waals surface area (Å²) in [7, 11) is -3.59. The fraction of sp³-hybridized carbons (Fsp3) is 0.625. The van der Waals surface area contributed by atoms with Crippen molar-refractivity contribution in [3.8, 4) is 0 Å². The van der Waals surface area contributed by atoms with Gasteiger partial charge in [-0.25, -0.2) is 13.2 Å². The summed E-state index contributed by atoms with van der Waals surface area (Å²) >= 11 is 0. The summed E-state index contributed by atoms with van der Waals surface area (Å²) in [4.78, 5) is 22.2. The fourth-order valence-corrected chi connectivity index (χ4v) is 4.33. The van der Waals surface area contributed by atoms with Crippen LogP contribution in [0.2, 0.25) is 0 Å². The Labute approximate surface area is 132 Å². The molecular weight excluding hydrogens is 325 g/mol. The number of hydrogen-bond acceptors (Lipinski definition) is 4. The number of carbonyl (C=O) groups excluding carboxylic acids is 1. The number of rotatable bonds is 1. The van der Waals surface area contributed by atoms with E-state index in [1.165, 1.54) is 13.8 Å². The molecule has 0 bridgehead atoms. The maximum absolute atomic E-state index is 11.9. The molecule has 2 N–H and O–H groups in total. The molecule has 2 aliphatic rings. The number of nitrogens with one attached hydrogen (secondary N) is 1. The molecule has 3 atom stereocenters. The minimum atomic E-state index is -3.59. The first-order chi connectivity index (χ1) is 6.71. The quantitative estimate of drug-likeness (QED) is 0.282. The Morgan fingerprint density at radius 3 is 2.24 bits per heavy atom. The van der Waals surface area contributed by atoms with Crippen molar-refractivity contribution in [3.05, 3.63) is 6.42 Å². The van der Waals surface area contributed by atoms with Crippen molar-refractivity contribution >= 4 is 21.7 Å². The van der Waals surface area contributed by atoms with Crippen LogP contribution in [0.3, 0.4) is 0 Å². The molecule has 1 amide bonds. The number of carboxylic acids is 1. The SMILES string of the molecule is CC1(C)[C@H](C(=O)O)[NH+]2C(=O)[CH-][C@H]2S1(=O)=O.[Br-].[Na+]. The van der Waals surface area contributed by atoms with Crippen LogP contribution < -0.4 is 51.4 Å². The van der Waals surface area contributed by atoms with Gasteiger partial charge in [0.25, 0.3) is 0 Å². The third-order valence-electron chi connectivity index (χ3n) is 3.21. The standard InChI is InChI=1S/C8H10NO5S.BrH.Na/c1-8(2)6(7(11)12)9-4(10)3-5(9)15(8,13)14;;/h3,5-6H,1-2H3,(H,11,12);1H;/q-1;;+1/t5-,6+;;/m1../s1. The maximum atomic E-state index is 11.9. The van der Waals surface area contributed by atoms with E-state index in [9.17, 15) is 18.0 Å². The van der Waals surface area contributed by atoms with Crippen LogP contribution in [-0.4, -0.2) is 41.6 Å². The second-order valence-electron chi connectivity index (χ2n) is 4.33. The molecule has 0 radical (unpaired) electrons. The van der Waals surface area contributed by atoms with Gasteiger partial charge in [-0.3, -0.25) is 9.69 Å². The molecular formula is C8H11BrNNaO5S. The van der Waals surface area contributed by atoms with Gasteiger partial charge in [-0.15, -0.1) is 0 Å². The molecule has 0 aromatic carbocycles. The fourth-order valence-electron chi connectivity index (χ4n) is 2.23. The number of β-lactam (4-membered cyclic amide) rings is 1. The molecule has 0 aromatic heterocycles. The van der Waals surface area contributed by atoms with Gasteiger partial charge in [-0.1, -0.05) is 0 Å². The molecule has 0 saturated carbocycles. The summed E-state index contributed by atoms with van der Waals surface area (Å²) in [5.74, 6) is -1.69. The Morgan fingerprint density at radius 2 is 1.94 bits per heavy atom. The summed E-state index contributed by atoms with van der Waals surface area (Å²) in [6.45, 7) is 2.71. The van der Waals surface area contributed by atoms with E-state index in [1.807, 2.05) is 0 Å². The Balaban J connectivity index is 0.00000128. The summed E-state index contributed by atoms with van der Waals surface area (Å²) in [6, 6.07) is -1.20. The number of hydrogen-bond donors (Lipinski definition) is 2. The number of halogens is 1. The minimum Gasteiger partial charge on any atom is -1.00 e. The molecule has 9 heteroatoms. The van der Waals surface area contributed by atoms with Gasteiger partial charge in [0.15, 0.2) is 15.7 Å². The van der Waals surface area contributed by atoms with E-state index in [0.717, 1.165) is 6.42 Å². The van der Waals surface area contributed by atoms with E-state index in [2.05, 4.69) is 0 Å². The van der Waals surface area contributed by atoms with E-state index in [-0.39, 0.29) is 51.4 Å². The molecule has 92 valence electrons. The molecule has 6 nitrogen and oxygen atoms in total.